The van der Waals surface area contributed by atoms with E-state index in [1.807, 2.05) is 35.7 Å². The highest BCUT2D eigenvalue weighted by Gasteiger charge is 2.16. The highest BCUT2D eigenvalue weighted by atomic mass is 16.1. The Morgan fingerprint density at radius 1 is 1.10 bits per heavy atom. The zero-order valence-electron chi connectivity index (χ0n) is 12.1. The van der Waals surface area contributed by atoms with Crippen LogP contribution in [0.5, 0.6) is 0 Å². The summed E-state index contributed by atoms with van der Waals surface area (Å²) in [7, 11) is 0. The molecular formula is C16H17N3O. The number of pyridine rings is 2. The fourth-order valence-corrected chi connectivity index (χ4v) is 2.34. The van der Waals surface area contributed by atoms with E-state index in [1.54, 1.807) is 0 Å². The molecule has 20 heavy (non-hydrogen) atoms. The first-order chi connectivity index (χ1) is 9.36. The summed E-state index contributed by atoms with van der Waals surface area (Å²) in [6, 6.07) is 7.52. The van der Waals surface area contributed by atoms with Gasteiger partial charge in [-0.05, 0) is 25.1 Å². The minimum Gasteiger partial charge on any atom is -0.305 e. The number of nitrogens with zero attached hydrogens (tertiary/aromatic N) is 3. The lowest BCUT2D eigenvalue weighted by Crippen LogP contribution is -2.14. The van der Waals surface area contributed by atoms with E-state index in [9.17, 15) is 4.79 Å². The molecule has 4 nitrogen and oxygen atoms in total. The van der Waals surface area contributed by atoms with Crippen molar-refractivity contribution in [2.24, 2.45) is 0 Å². The van der Waals surface area contributed by atoms with Crippen LogP contribution < -0.4 is 5.56 Å². The lowest BCUT2D eigenvalue weighted by Gasteiger charge is -2.18. The average Bonchev–Trinajstić information content (AvgIpc) is 2.36. The van der Waals surface area contributed by atoms with Gasteiger partial charge in [0.1, 0.15) is 0 Å². The number of rotatable bonds is 0. The van der Waals surface area contributed by atoms with Gasteiger partial charge in [-0.1, -0.05) is 20.8 Å². The maximum Gasteiger partial charge on any atom is 0.273 e. The normalized spacial score (nSPS) is 12.2. The van der Waals surface area contributed by atoms with Crippen molar-refractivity contribution >= 4 is 16.6 Å². The van der Waals surface area contributed by atoms with Crippen LogP contribution in [0.1, 0.15) is 32.2 Å². The molecule has 0 aliphatic heterocycles. The van der Waals surface area contributed by atoms with Gasteiger partial charge in [-0.3, -0.25) is 9.78 Å². The predicted molar refractivity (Wildman–Crippen MR) is 80.2 cm³/mol. The van der Waals surface area contributed by atoms with Crippen LogP contribution in [0, 0.1) is 6.92 Å². The summed E-state index contributed by atoms with van der Waals surface area (Å²) in [4.78, 5) is 20.5. The van der Waals surface area contributed by atoms with E-state index in [0.29, 0.717) is 5.65 Å². The van der Waals surface area contributed by atoms with Crippen molar-refractivity contribution in [1.29, 1.82) is 0 Å². The van der Waals surface area contributed by atoms with Crippen LogP contribution in [0.4, 0.5) is 0 Å². The summed E-state index contributed by atoms with van der Waals surface area (Å²) in [5, 5.41) is 0.904. The topological polar surface area (TPSA) is 47.3 Å². The van der Waals surface area contributed by atoms with Crippen molar-refractivity contribution in [3.05, 3.63) is 52.2 Å². The van der Waals surface area contributed by atoms with Gasteiger partial charge in [0.25, 0.3) is 5.56 Å². The van der Waals surface area contributed by atoms with Crippen LogP contribution >= 0.6 is 0 Å². The van der Waals surface area contributed by atoms with E-state index >= 15 is 0 Å². The molecule has 0 bridgehead atoms. The first kappa shape index (κ1) is 12.8. The van der Waals surface area contributed by atoms with Crippen molar-refractivity contribution in [3.8, 4) is 0 Å². The maximum absolute atomic E-state index is 11.6. The van der Waals surface area contributed by atoms with Gasteiger partial charge in [0.2, 0.25) is 0 Å². The zero-order chi connectivity index (χ0) is 14.5. The van der Waals surface area contributed by atoms with Crippen LogP contribution in [0.3, 0.4) is 0 Å². The van der Waals surface area contributed by atoms with Gasteiger partial charge in [0, 0.05) is 34.5 Å². The molecule has 0 fully saturated rings. The quantitative estimate of drug-likeness (QED) is 0.588. The summed E-state index contributed by atoms with van der Waals surface area (Å²) >= 11 is 0. The van der Waals surface area contributed by atoms with Crippen molar-refractivity contribution in [2.75, 3.05) is 0 Å². The van der Waals surface area contributed by atoms with E-state index in [1.165, 1.54) is 6.07 Å². The third-order valence-electron chi connectivity index (χ3n) is 3.47. The molecule has 0 aliphatic carbocycles. The third-order valence-corrected chi connectivity index (χ3v) is 3.47. The molecule has 0 spiro atoms. The largest absolute Gasteiger partial charge is 0.305 e. The van der Waals surface area contributed by atoms with Crippen LogP contribution in [0.15, 0.2) is 35.3 Å². The van der Waals surface area contributed by atoms with Crippen molar-refractivity contribution < 1.29 is 0 Å². The molecule has 3 heterocycles. The second-order valence-corrected chi connectivity index (χ2v) is 6.12. The molecule has 0 saturated heterocycles. The minimum atomic E-state index is -0.213. The first-order valence-corrected chi connectivity index (χ1v) is 6.66. The lowest BCUT2D eigenvalue weighted by molar-refractivity contribution is 0.571. The second-order valence-electron chi connectivity index (χ2n) is 6.12. The monoisotopic (exact) mass is 267 g/mol. The first-order valence-electron chi connectivity index (χ1n) is 6.66. The third kappa shape index (κ3) is 1.97. The number of fused-ring (bicyclic) bond motifs is 3. The molecule has 4 heteroatoms. The van der Waals surface area contributed by atoms with E-state index in [4.69, 9.17) is 4.98 Å². The van der Waals surface area contributed by atoms with Gasteiger partial charge >= 0.3 is 0 Å². The molecule has 0 aliphatic rings. The van der Waals surface area contributed by atoms with Gasteiger partial charge < -0.3 is 4.40 Å². The minimum absolute atomic E-state index is 0.0000174. The van der Waals surface area contributed by atoms with E-state index in [0.717, 1.165) is 22.3 Å². The van der Waals surface area contributed by atoms with Gasteiger partial charge in [0.05, 0.1) is 5.52 Å². The Bertz CT molecular complexity index is 872. The van der Waals surface area contributed by atoms with E-state index in [-0.39, 0.29) is 11.0 Å². The van der Waals surface area contributed by atoms with Gasteiger partial charge in [0.15, 0.2) is 5.65 Å². The molecule has 3 rings (SSSR count). The molecule has 3 aromatic heterocycles. The number of hydrogen-bond acceptors (Lipinski definition) is 3. The maximum atomic E-state index is 11.6. The zero-order valence-corrected chi connectivity index (χ0v) is 12.1. The van der Waals surface area contributed by atoms with Crippen LogP contribution in [-0.2, 0) is 5.41 Å². The van der Waals surface area contributed by atoms with Crippen molar-refractivity contribution in [1.82, 2.24) is 14.4 Å². The number of hydrogen-bond donors (Lipinski definition) is 0. The molecule has 102 valence electrons. The Balaban J connectivity index is 2.41. The fourth-order valence-electron chi connectivity index (χ4n) is 2.34. The average molecular weight is 267 g/mol. The van der Waals surface area contributed by atoms with E-state index < -0.39 is 0 Å². The number of aromatic nitrogens is 3. The Kier molecular flexibility index (Phi) is 2.64. The molecule has 0 saturated carbocycles. The fraction of sp³-hybridized carbons (Fsp3) is 0.312. The SMILES string of the molecule is Cc1cc(=O)nc2c3ccc(C(C)(C)C)nc3ccn12. The molecular weight excluding hydrogens is 250 g/mol. The Morgan fingerprint density at radius 3 is 2.55 bits per heavy atom. The van der Waals surface area contributed by atoms with Gasteiger partial charge in [-0.2, -0.15) is 4.98 Å². The molecule has 0 aromatic carbocycles. The Labute approximate surface area is 117 Å². The highest BCUT2D eigenvalue weighted by Crippen LogP contribution is 2.24. The predicted octanol–water partition coefficient (Wildman–Crippen LogP) is 2.85. The standard InChI is InChI=1S/C16H17N3O/c1-10-9-14(20)18-15-11-5-6-13(16(2,3)4)17-12(11)7-8-19(10)15/h5-9H,1-4H3. The summed E-state index contributed by atoms with van der Waals surface area (Å²) in [5.41, 5.74) is 3.23. The highest BCUT2D eigenvalue weighted by molar-refractivity contribution is 5.91. The number of aryl methyl sites for hydroxylation is 1. The second kappa shape index (κ2) is 4.13. The smallest absolute Gasteiger partial charge is 0.273 e. The van der Waals surface area contributed by atoms with E-state index in [2.05, 4.69) is 25.8 Å². The summed E-state index contributed by atoms with van der Waals surface area (Å²) in [6.07, 6.45) is 1.92. The Morgan fingerprint density at radius 2 is 1.85 bits per heavy atom. The molecule has 0 unspecified atom stereocenters. The molecule has 3 aromatic rings. The van der Waals surface area contributed by atoms with Crippen molar-refractivity contribution in [2.45, 2.75) is 33.1 Å². The van der Waals surface area contributed by atoms with Gasteiger partial charge in [-0.25, -0.2) is 0 Å². The van der Waals surface area contributed by atoms with Gasteiger partial charge in [-0.15, -0.1) is 0 Å². The summed E-state index contributed by atoms with van der Waals surface area (Å²) in [5.74, 6) is 0. The molecule has 0 amide bonds. The molecule has 0 atom stereocenters. The van der Waals surface area contributed by atoms with Crippen LogP contribution in [0.25, 0.3) is 16.6 Å². The lowest BCUT2D eigenvalue weighted by atomic mass is 9.91. The van der Waals surface area contributed by atoms with Crippen molar-refractivity contribution in [3.63, 3.8) is 0 Å². The molecule has 0 radical (unpaired) electrons. The summed E-state index contributed by atoms with van der Waals surface area (Å²) < 4.78 is 1.92. The van der Waals surface area contributed by atoms with Crippen LogP contribution in [-0.4, -0.2) is 14.4 Å². The van der Waals surface area contributed by atoms with Crippen LogP contribution in [0.2, 0.25) is 0 Å². The molecule has 0 N–H and O–H groups in total. The Hall–Kier alpha value is -2.23. The summed E-state index contributed by atoms with van der Waals surface area (Å²) in [6.45, 7) is 8.30.